The van der Waals surface area contributed by atoms with Gasteiger partial charge in [0.05, 0.1) is 5.92 Å². The average molecular weight is 267 g/mol. The Morgan fingerprint density at radius 2 is 2.44 bits per heavy atom. The summed E-state index contributed by atoms with van der Waals surface area (Å²) in [6.07, 6.45) is 6.78. The SMILES string of the molecule is CCc1cnc(NC(=O)C2CCCCC2(C)N)s1. The van der Waals surface area contributed by atoms with Crippen molar-refractivity contribution in [1.82, 2.24) is 4.98 Å². The summed E-state index contributed by atoms with van der Waals surface area (Å²) in [6.45, 7) is 4.06. The van der Waals surface area contributed by atoms with Crippen molar-refractivity contribution in [3.8, 4) is 0 Å². The van der Waals surface area contributed by atoms with E-state index in [1.165, 1.54) is 4.88 Å². The van der Waals surface area contributed by atoms with E-state index in [4.69, 9.17) is 5.73 Å². The molecule has 1 amide bonds. The summed E-state index contributed by atoms with van der Waals surface area (Å²) in [5.41, 5.74) is 5.85. The molecule has 3 N–H and O–H groups in total. The maximum atomic E-state index is 12.3. The van der Waals surface area contributed by atoms with Crippen molar-refractivity contribution >= 4 is 22.4 Å². The molecule has 18 heavy (non-hydrogen) atoms. The largest absolute Gasteiger partial charge is 0.325 e. The first-order valence-electron chi connectivity index (χ1n) is 6.57. The Morgan fingerprint density at radius 1 is 1.67 bits per heavy atom. The molecule has 4 nitrogen and oxygen atoms in total. The fourth-order valence-electron chi connectivity index (χ4n) is 2.51. The van der Waals surface area contributed by atoms with Gasteiger partial charge in [-0.3, -0.25) is 4.79 Å². The van der Waals surface area contributed by atoms with Gasteiger partial charge in [-0.2, -0.15) is 0 Å². The summed E-state index contributed by atoms with van der Waals surface area (Å²) in [7, 11) is 0. The first kappa shape index (κ1) is 13.5. The van der Waals surface area contributed by atoms with Gasteiger partial charge < -0.3 is 11.1 Å². The third-order valence-electron chi connectivity index (χ3n) is 3.70. The van der Waals surface area contributed by atoms with Crippen molar-refractivity contribution in [2.45, 2.75) is 51.5 Å². The van der Waals surface area contributed by atoms with Crippen LogP contribution < -0.4 is 11.1 Å². The maximum absolute atomic E-state index is 12.3. The van der Waals surface area contributed by atoms with Crippen molar-refractivity contribution in [2.75, 3.05) is 5.32 Å². The van der Waals surface area contributed by atoms with Crippen LogP contribution >= 0.6 is 11.3 Å². The van der Waals surface area contributed by atoms with Gasteiger partial charge in [-0.25, -0.2) is 4.98 Å². The van der Waals surface area contributed by atoms with Gasteiger partial charge in [0, 0.05) is 16.6 Å². The number of rotatable bonds is 3. The highest BCUT2D eigenvalue weighted by Crippen LogP contribution is 2.32. The van der Waals surface area contributed by atoms with E-state index in [9.17, 15) is 4.79 Å². The lowest BCUT2D eigenvalue weighted by atomic mass is 9.74. The zero-order valence-corrected chi connectivity index (χ0v) is 11.8. The predicted octanol–water partition coefficient (Wildman–Crippen LogP) is 2.55. The molecule has 2 unspecified atom stereocenters. The minimum absolute atomic E-state index is 0.0247. The number of thiazole rings is 1. The second kappa shape index (κ2) is 5.36. The summed E-state index contributed by atoms with van der Waals surface area (Å²) in [4.78, 5) is 17.7. The molecule has 1 aromatic heterocycles. The van der Waals surface area contributed by atoms with Gasteiger partial charge in [0.25, 0.3) is 0 Å². The summed E-state index contributed by atoms with van der Waals surface area (Å²) >= 11 is 1.54. The van der Waals surface area contributed by atoms with E-state index < -0.39 is 0 Å². The fraction of sp³-hybridized carbons (Fsp3) is 0.692. The van der Waals surface area contributed by atoms with Crippen LogP contribution in [0.1, 0.15) is 44.4 Å². The Balaban J connectivity index is 2.02. The molecule has 2 rings (SSSR count). The fourth-order valence-corrected chi connectivity index (χ4v) is 3.27. The lowest BCUT2D eigenvalue weighted by Gasteiger charge is -2.36. The van der Waals surface area contributed by atoms with Crippen LogP contribution in [0.25, 0.3) is 0 Å². The van der Waals surface area contributed by atoms with E-state index in [0.717, 1.165) is 32.1 Å². The number of carbonyl (C=O) groups is 1. The minimum atomic E-state index is -0.382. The average Bonchev–Trinajstić information content (AvgIpc) is 2.76. The van der Waals surface area contributed by atoms with Gasteiger partial charge in [0.2, 0.25) is 5.91 Å². The predicted molar refractivity (Wildman–Crippen MR) is 74.7 cm³/mol. The number of nitrogens with zero attached hydrogens (tertiary/aromatic N) is 1. The Hall–Kier alpha value is -0.940. The van der Waals surface area contributed by atoms with E-state index in [1.54, 1.807) is 11.3 Å². The molecule has 0 aliphatic heterocycles. The quantitative estimate of drug-likeness (QED) is 0.884. The number of hydrogen-bond acceptors (Lipinski definition) is 4. The second-order valence-corrected chi connectivity index (χ2v) is 6.39. The molecule has 0 bridgehead atoms. The zero-order valence-electron chi connectivity index (χ0n) is 11.0. The maximum Gasteiger partial charge on any atom is 0.231 e. The Morgan fingerprint density at radius 3 is 3.06 bits per heavy atom. The lowest BCUT2D eigenvalue weighted by molar-refractivity contribution is -0.122. The minimum Gasteiger partial charge on any atom is -0.325 e. The molecule has 0 saturated heterocycles. The topological polar surface area (TPSA) is 68.0 Å². The number of aromatic nitrogens is 1. The van der Waals surface area contributed by atoms with Gasteiger partial charge in [-0.15, -0.1) is 11.3 Å². The van der Waals surface area contributed by atoms with Crippen molar-refractivity contribution in [3.05, 3.63) is 11.1 Å². The first-order chi connectivity index (χ1) is 8.53. The van der Waals surface area contributed by atoms with Gasteiger partial charge in [0.1, 0.15) is 0 Å². The molecule has 0 aromatic carbocycles. The molecule has 1 aliphatic rings. The normalized spacial score (nSPS) is 28.1. The number of aryl methyl sites for hydroxylation is 1. The lowest BCUT2D eigenvalue weighted by Crippen LogP contribution is -2.51. The highest BCUT2D eigenvalue weighted by molar-refractivity contribution is 7.15. The smallest absolute Gasteiger partial charge is 0.231 e. The van der Waals surface area contributed by atoms with Gasteiger partial charge in [-0.1, -0.05) is 19.8 Å². The molecular formula is C13H21N3OS. The van der Waals surface area contributed by atoms with Crippen molar-refractivity contribution in [2.24, 2.45) is 11.7 Å². The number of nitrogens with two attached hydrogens (primary N) is 1. The summed E-state index contributed by atoms with van der Waals surface area (Å²) in [5, 5.41) is 3.60. The van der Waals surface area contributed by atoms with Crippen LogP contribution in [-0.2, 0) is 11.2 Å². The number of carbonyl (C=O) groups excluding carboxylic acids is 1. The second-order valence-electron chi connectivity index (χ2n) is 5.28. The van der Waals surface area contributed by atoms with Crippen molar-refractivity contribution in [1.29, 1.82) is 0 Å². The van der Waals surface area contributed by atoms with Crippen LogP contribution in [-0.4, -0.2) is 16.4 Å². The van der Waals surface area contributed by atoms with E-state index >= 15 is 0 Å². The van der Waals surface area contributed by atoms with Crippen LogP contribution in [0, 0.1) is 5.92 Å². The third-order valence-corrected chi connectivity index (χ3v) is 4.76. The van der Waals surface area contributed by atoms with Crippen LogP contribution in [0.3, 0.4) is 0 Å². The van der Waals surface area contributed by atoms with E-state index in [0.29, 0.717) is 5.13 Å². The Kier molecular flexibility index (Phi) is 4.02. The number of hydrogen-bond donors (Lipinski definition) is 2. The molecule has 100 valence electrons. The van der Waals surface area contributed by atoms with Crippen LogP contribution in [0.15, 0.2) is 6.20 Å². The zero-order chi connectivity index (χ0) is 13.2. The van der Waals surface area contributed by atoms with Crippen LogP contribution in [0.2, 0.25) is 0 Å². The highest BCUT2D eigenvalue weighted by atomic mass is 32.1. The molecular weight excluding hydrogens is 246 g/mol. The summed E-state index contributed by atoms with van der Waals surface area (Å²) in [6, 6.07) is 0. The standard InChI is InChI=1S/C13H21N3OS/c1-3-9-8-15-12(18-9)16-11(17)10-6-4-5-7-13(10,2)14/h8,10H,3-7,14H2,1-2H3,(H,15,16,17). The Labute approximate surface area is 112 Å². The van der Waals surface area contributed by atoms with E-state index in [-0.39, 0.29) is 17.4 Å². The first-order valence-corrected chi connectivity index (χ1v) is 7.39. The van der Waals surface area contributed by atoms with E-state index in [1.807, 2.05) is 13.1 Å². The van der Waals surface area contributed by atoms with Gasteiger partial charge >= 0.3 is 0 Å². The van der Waals surface area contributed by atoms with Gasteiger partial charge in [-0.05, 0) is 26.2 Å². The molecule has 1 fully saturated rings. The summed E-state index contributed by atoms with van der Waals surface area (Å²) < 4.78 is 0. The molecule has 1 saturated carbocycles. The molecule has 1 aliphatic carbocycles. The monoisotopic (exact) mass is 267 g/mol. The number of amides is 1. The number of anilines is 1. The van der Waals surface area contributed by atoms with Gasteiger partial charge in [0.15, 0.2) is 5.13 Å². The van der Waals surface area contributed by atoms with Crippen LogP contribution in [0.4, 0.5) is 5.13 Å². The van der Waals surface area contributed by atoms with Crippen LogP contribution in [0.5, 0.6) is 0 Å². The molecule has 1 heterocycles. The summed E-state index contributed by atoms with van der Waals surface area (Å²) in [5.74, 6) is -0.0723. The van der Waals surface area contributed by atoms with Crippen molar-refractivity contribution in [3.63, 3.8) is 0 Å². The third kappa shape index (κ3) is 2.90. The molecule has 1 aromatic rings. The molecule has 5 heteroatoms. The molecule has 2 atom stereocenters. The van der Waals surface area contributed by atoms with Crippen molar-refractivity contribution < 1.29 is 4.79 Å². The number of nitrogens with one attached hydrogen (secondary N) is 1. The highest BCUT2D eigenvalue weighted by Gasteiger charge is 2.37. The van der Waals surface area contributed by atoms with E-state index in [2.05, 4.69) is 17.2 Å². The molecule has 0 radical (unpaired) electrons. The molecule has 0 spiro atoms. The Bertz CT molecular complexity index is 428.